The predicted molar refractivity (Wildman–Crippen MR) is 232 cm³/mol. The summed E-state index contributed by atoms with van der Waals surface area (Å²) in [6.45, 7) is 0. The van der Waals surface area contributed by atoms with Crippen molar-refractivity contribution < 1.29 is 95.2 Å². The third-order valence-corrected chi connectivity index (χ3v) is 13.8. The van der Waals surface area contributed by atoms with Gasteiger partial charge in [0, 0.05) is 28.3 Å². The van der Waals surface area contributed by atoms with Crippen LogP contribution in [0.2, 0.25) is 0 Å². The number of fused-ring (bicyclic) bond motifs is 2. The summed E-state index contributed by atoms with van der Waals surface area (Å²) in [5.74, 6) is -6.38. The molecule has 0 bridgehead atoms. The van der Waals surface area contributed by atoms with E-state index in [2.05, 4.69) is 30.7 Å². The average molecular weight is 1070 g/mol. The van der Waals surface area contributed by atoms with Gasteiger partial charge in [0.15, 0.2) is 11.5 Å². The molecule has 70 heavy (non-hydrogen) atoms. The van der Waals surface area contributed by atoms with Crippen molar-refractivity contribution in [2.75, 3.05) is 5.73 Å². The summed E-state index contributed by atoms with van der Waals surface area (Å²) in [4.78, 5) is 27.6. The minimum Gasteiger partial charge on any atom is -0.505 e. The van der Waals surface area contributed by atoms with E-state index in [1.807, 2.05) is 0 Å². The average Bonchev–Trinajstić information content (AvgIpc) is 3.22. The number of sulfonamides is 1. The molecule has 366 valence electrons. The van der Waals surface area contributed by atoms with E-state index < -0.39 is 182 Å². The van der Waals surface area contributed by atoms with E-state index in [4.69, 9.17) is 10.9 Å². The maximum atomic E-state index is 12.9. The second kappa shape index (κ2) is 17.8. The first-order valence-corrected chi connectivity index (χ1v) is 25.0. The van der Waals surface area contributed by atoms with Crippen LogP contribution in [-0.4, -0.2) is 97.6 Å². The van der Waals surface area contributed by atoms with Crippen LogP contribution in [0, 0.1) is 10.1 Å². The van der Waals surface area contributed by atoms with E-state index in [1.165, 1.54) is 0 Å². The molecule has 0 atom stereocenters. The summed E-state index contributed by atoms with van der Waals surface area (Å²) in [5.41, 5.74) is -3.18. The predicted octanol–water partition coefficient (Wildman–Crippen LogP) is 5.17. The summed E-state index contributed by atoms with van der Waals surface area (Å²) in [7, 11) is -27.0. The molecule has 0 aliphatic heterocycles. The second-order valence-electron chi connectivity index (χ2n) is 13.7. The molecule has 6 aromatic rings. The number of aromatic carboxylic acids is 2. The number of rotatable bonds is 14. The van der Waals surface area contributed by atoms with Crippen LogP contribution in [-0.2, 0) is 50.5 Å². The number of nitrogen functional groups attached to an aromatic ring is 1. The summed E-state index contributed by atoms with van der Waals surface area (Å²) in [6.07, 6.45) is 0. The first-order valence-electron chi connectivity index (χ1n) is 17.6. The topological polar surface area (TPSA) is 536 Å². The van der Waals surface area contributed by atoms with Crippen molar-refractivity contribution in [3.8, 4) is 11.5 Å². The number of nitro groups is 1. The summed E-state index contributed by atoms with van der Waals surface area (Å²) >= 11 is 0. The highest BCUT2D eigenvalue weighted by molar-refractivity contribution is 7.89. The van der Waals surface area contributed by atoms with Gasteiger partial charge in [-0.25, -0.2) is 23.1 Å². The van der Waals surface area contributed by atoms with Gasteiger partial charge in [-0.15, -0.1) is 30.7 Å². The minimum atomic E-state index is -5.70. The third-order valence-electron chi connectivity index (χ3n) is 9.30. The number of nitro benzene ring substituents is 1. The summed E-state index contributed by atoms with van der Waals surface area (Å²) in [5, 5.41) is 75.6. The SMILES string of the molecule is Nc1c(N=Nc2ccc3c(O)c(N=Nc4ccc(S(N)(=O)=O)cc4C(=O)O)c(S(=O)(=O)O)cc3c2S(=O)(=O)O)cc(S(=O)(=O)O)c2cc(S(=O)(=O)O)c(N=Nc3cc([N+](=O)[O-])ccc3C(=O)O)c(O)c12. The maximum Gasteiger partial charge on any atom is 0.338 e. The monoisotopic (exact) mass is 1070 g/mol. The van der Waals surface area contributed by atoms with Crippen LogP contribution in [0.3, 0.4) is 0 Å². The van der Waals surface area contributed by atoms with Gasteiger partial charge < -0.3 is 26.2 Å². The number of aromatic hydroxyl groups is 2. The zero-order chi connectivity index (χ0) is 52.4. The molecule has 0 fully saturated rings. The van der Waals surface area contributed by atoms with Gasteiger partial charge in [0.1, 0.15) is 53.7 Å². The Morgan fingerprint density at radius 3 is 1.54 bits per heavy atom. The molecule has 0 saturated heterocycles. The van der Waals surface area contributed by atoms with Gasteiger partial charge in [-0.05, 0) is 54.6 Å². The van der Waals surface area contributed by atoms with Crippen molar-refractivity contribution in [3.63, 3.8) is 0 Å². The van der Waals surface area contributed by atoms with Crippen LogP contribution in [0.5, 0.6) is 11.5 Å². The van der Waals surface area contributed by atoms with Crippen molar-refractivity contribution in [1.29, 1.82) is 0 Å². The lowest BCUT2D eigenvalue weighted by Crippen LogP contribution is -2.13. The number of anilines is 1. The Morgan fingerprint density at radius 2 is 1.03 bits per heavy atom. The number of benzene rings is 6. The number of nitrogens with two attached hydrogens (primary N) is 2. The van der Waals surface area contributed by atoms with Crippen LogP contribution in [0.25, 0.3) is 21.5 Å². The summed E-state index contributed by atoms with van der Waals surface area (Å²) < 4.78 is 166. The van der Waals surface area contributed by atoms with E-state index in [0.717, 1.165) is 24.3 Å². The van der Waals surface area contributed by atoms with Crippen molar-refractivity contribution in [2.24, 2.45) is 35.8 Å². The molecular weight excluding hydrogens is 1050 g/mol. The smallest absolute Gasteiger partial charge is 0.338 e. The zero-order valence-electron chi connectivity index (χ0n) is 33.5. The number of phenolic OH excluding ortho intramolecular Hbond substituents is 2. The highest BCUT2D eigenvalue weighted by Crippen LogP contribution is 2.50. The van der Waals surface area contributed by atoms with E-state index in [-0.39, 0.29) is 6.07 Å². The molecular formula is C34H23N9O22S5. The first-order chi connectivity index (χ1) is 32.1. The highest BCUT2D eigenvalue weighted by atomic mass is 32.2. The normalized spacial score (nSPS) is 13.0. The molecule has 0 aliphatic carbocycles. The summed E-state index contributed by atoms with van der Waals surface area (Å²) in [6, 6.07) is 6.49. The van der Waals surface area contributed by atoms with Crippen LogP contribution in [0.1, 0.15) is 20.7 Å². The number of hydrogen-bond donors (Lipinski definition) is 10. The lowest BCUT2D eigenvalue weighted by atomic mass is 10.0. The number of azo groups is 3. The lowest BCUT2D eigenvalue weighted by molar-refractivity contribution is -0.384. The standard InChI is InChI=1S/C34H23N9O22S5/c35-27-22(11-23(67(54,55)56)18-10-25(69(60,61)62)29(31(45)26(18)27)42-39-21-7-12(43(50)51)1-3-15(21)33(46)47)40-38-20-6-4-14-16(32(20)70(63,64)65)9-24(68(57,58)59)28(30(14)44)41-37-19-5-2-13(66(36,52)53)8-17(19)34(48)49/h1-11,44-45H,35H2,(H,46,47)(H,48,49)(H2,36,52,53)(H,54,55,56)(H,57,58,59)(H,60,61,62)(H,63,64,65). The zero-order valence-corrected chi connectivity index (χ0v) is 37.6. The Labute approximate surface area is 388 Å². The number of carboxylic acids is 2. The molecule has 0 aromatic heterocycles. The van der Waals surface area contributed by atoms with Gasteiger partial charge >= 0.3 is 11.9 Å². The molecule has 0 heterocycles. The molecule has 0 saturated carbocycles. The maximum absolute atomic E-state index is 12.9. The van der Waals surface area contributed by atoms with Gasteiger partial charge in [-0.1, -0.05) is 0 Å². The largest absolute Gasteiger partial charge is 0.505 e. The van der Waals surface area contributed by atoms with Gasteiger partial charge in [0.2, 0.25) is 10.0 Å². The van der Waals surface area contributed by atoms with Crippen LogP contribution < -0.4 is 10.9 Å². The van der Waals surface area contributed by atoms with Gasteiger partial charge in [-0.2, -0.15) is 33.7 Å². The minimum absolute atomic E-state index is 0.284. The third kappa shape index (κ3) is 10.0. The molecule has 6 rings (SSSR count). The number of nitrogens with zero attached hydrogens (tertiary/aromatic N) is 7. The van der Waals surface area contributed by atoms with Crippen LogP contribution in [0.4, 0.5) is 45.5 Å². The molecule has 31 nitrogen and oxygen atoms in total. The van der Waals surface area contributed by atoms with Crippen molar-refractivity contribution in [1.82, 2.24) is 0 Å². The Morgan fingerprint density at radius 1 is 0.529 bits per heavy atom. The second-order valence-corrected chi connectivity index (χ2v) is 20.8. The van der Waals surface area contributed by atoms with Crippen molar-refractivity contribution in [3.05, 3.63) is 88.0 Å². The number of carboxylic acid groups (broad SMARTS) is 2. The first kappa shape index (κ1) is 51.3. The lowest BCUT2D eigenvalue weighted by Gasteiger charge is -2.15. The molecule has 0 aliphatic rings. The Kier molecular flexibility index (Phi) is 13.0. The molecule has 36 heteroatoms. The molecule has 6 aromatic carbocycles. The number of hydrogen-bond acceptors (Lipinski definition) is 23. The molecule has 0 spiro atoms. The Hall–Kier alpha value is -8.07. The highest BCUT2D eigenvalue weighted by Gasteiger charge is 2.31. The van der Waals surface area contributed by atoms with E-state index >= 15 is 0 Å². The molecule has 0 unspecified atom stereocenters. The van der Waals surface area contributed by atoms with Crippen molar-refractivity contribution >= 4 is 129 Å². The molecule has 0 radical (unpaired) electrons. The Bertz CT molecular complexity index is 4050. The number of primary sulfonamides is 1. The fourth-order valence-corrected chi connectivity index (χ4v) is 9.64. The number of non-ortho nitro benzene ring substituents is 1. The quantitative estimate of drug-likeness (QED) is 0.0221. The van der Waals surface area contributed by atoms with E-state index in [0.29, 0.717) is 36.4 Å². The van der Waals surface area contributed by atoms with Gasteiger partial charge in [-0.3, -0.25) is 28.3 Å². The fourth-order valence-electron chi connectivity index (χ4n) is 6.29. The molecule has 12 N–H and O–H groups in total. The molecule has 0 amide bonds. The fraction of sp³-hybridized carbons (Fsp3) is 0. The van der Waals surface area contributed by atoms with Crippen LogP contribution in [0.15, 0.2) is 122 Å². The number of phenols is 2. The van der Waals surface area contributed by atoms with Crippen molar-refractivity contribution in [2.45, 2.75) is 24.5 Å². The van der Waals surface area contributed by atoms with Gasteiger partial charge in [0.25, 0.3) is 46.2 Å². The van der Waals surface area contributed by atoms with Gasteiger partial charge in [0.05, 0.1) is 32.0 Å². The van der Waals surface area contributed by atoms with E-state index in [9.17, 15) is 100 Å². The van der Waals surface area contributed by atoms with E-state index in [1.54, 1.807) is 0 Å². The number of carbonyl (C=O) groups is 2. The Balaban J connectivity index is 1.60. The van der Waals surface area contributed by atoms with Crippen LogP contribution >= 0.6 is 0 Å².